The molecular weight excluding hydrogens is 184 g/mol. The summed E-state index contributed by atoms with van der Waals surface area (Å²) in [5.74, 6) is -2.15. The zero-order chi connectivity index (χ0) is 10.8. The molecule has 0 aromatic rings. The molecule has 1 N–H and O–H groups in total. The second-order valence-corrected chi connectivity index (χ2v) is 3.21. The molecule has 0 heterocycles. The van der Waals surface area contributed by atoms with Gasteiger partial charge in [-0.25, -0.2) is 0 Å². The van der Waals surface area contributed by atoms with Crippen LogP contribution in [0.4, 0.5) is 0 Å². The van der Waals surface area contributed by atoms with Gasteiger partial charge in [-0.15, -0.1) is 6.58 Å². The summed E-state index contributed by atoms with van der Waals surface area (Å²) in [5, 5.41) is 8.90. The van der Waals surface area contributed by atoms with Crippen molar-refractivity contribution in [2.24, 2.45) is 11.3 Å². The Morgan fingerprint density at radius 2 is 2.21 bits per heavy atom. The van der Waals surface area contributed by atoms with Gasteiger partial charge in [-0.1, -0.05) is 18.7 Å². The topological polar surface area (TPSA) is 63.6 Å². The third kappa shape index (κ3) is 1.43. The van der Waals surface area contributed by atoms with Gasteiger partial charge in [0, 0.05) is 5.92 Å². The molecule has 0 radical (unpaired) electrons. The lowest BCUT2D eigenvalue weighted by molar-refractivity contribution is -0.160. The second kappa shape index (κ2) is 3.65. The summed E-state index contributed by atoms with van der Waals surface area (Å²) in [6, 6.07) is 0. The number of ether oxygens (including phenoxy) is 1. The Bertz CT molecular complexity index is 294. The third-order valence-corrected chi connectivity index (χ3v) is 2.38. The first kappa shape index (κ1) is 10.5. The highest BCUT2D eigenvalue weighted by molar-refractivity contribution is 6.03. The smallest absolute Gasteiger partial charge is 0.324 e. The molecule has 4 nitrogen and oxygen atoms in total. The average Bonchev–Trinajstić information content (AvgIpc) is 2.89. The van der Waals surface area contributed by atoms with Crippen molar-refractivity contribution >= 4 is 11.9 Å². The zero-order valence-electron chi connectivity index (χ0n) is 7.73. The van der Waals surface area contributed by atoms with Crippen LogP contribution in [0.25, 0.3) is 0 Å². The minimum atomic E-state index is -1.38. The van der Waals surface area contributed by atoms with E-state index in [-0.39, 0.29) is 18.9 Å². The van der Waals surface area contributed by atoms with Crippen molar-refractivity contribution in [2.75, 3.05) is 6.61 Å². The maximum absolute atomic E-state index is 11.4. The van der Waals surface area contributed by atoms with Crippen LogP contribution in [-0.4, -0.2) is 23.7 Å². The van der Waals surface area contributed by atoms with E-state index in [4.69, 9.17) is 9.84 Å². The highest BCUT2D eigenvalue weighted by Crippen LogP contribution is 2.54. The molecule has 0 bridgehead atoms. The molecule has 0 saturated heterocycles. The zero-order valence-corrected chi connectivity index (χ0v) is 7.73. The van der Waals surface area contributed by atoms with Crippen LogP contribution in [-0.2, 0) is 14.3 Å². The van der Waals surface area contributed by atoms with Gasteiger partial charge in [0.2, 0.25) is 0 Å². The van der Waals surface area contributed by atoms with Crippen LogP contribution >= 0.6 is 0 Å². The molecule has 1 rings (SSSR count). The van der Waals surface area contributed by atoms with E-state index >= 15 is 0 Å². The molecule has 2 unspecified atom stereocenters. The van der Waals surface area contributed by atoms with Crippen molar-refractivity contribution in [1.29, 1.82) is 0 Å². The summed E-state index contributed by atoms with van der Waals surface area (Å²) in [5.41, 5.74) is -1.38. The first-order valence-corrected chi connectivity index (χ1v) is 4.23. The number of esters is 1. The van der Waals surface area contributed by atoms with Gasteiger partial charge in [0.15, 0.2) is 5.41 Å². The number of carboxylic acid groups (broad SMARTS) is 1. The van der Waals surface area contributed by atoms with Crippen molar-refractivity contribution < 1.29 is 19.4 Å². The van der Waals surface area contributed by atoms with Crippen LogP contribution in [0.5, 0.6) is 0 Å². The van der Waals surface area contributed by atoms with Crippen molar-refractivity contribution in [3.8, 4) is 0 Å². The standard InChI is InChI=1S/C10H12O4/c1-3-5-14-9(13)10(8(11)12)6-7(10)4-2/h3-4,7H,1-2,5-6H2,(H,11,12). The molecule has 4 heteroatoms. The number of hydrogen-bond donors (Lipinski definition) is 1. The number of allylic oxidation sites excluding steroid dienone is 1. The minimum absolute atomic E-state index is 0.0394. The second-order valence-electron chi connectivity index (χ2n) is 3.21. The van der Waals surface area contributed by atoms with E-state index in [2.05, 4.69) is 13.2 Å². The fourth-order valence-electron chi connectivity index (χ4n) is 1.40. The lowest BCUT2D eigenvalue weighted by atomic mass is 10.0. The summed E-state index contributed by atoms with van der Waals surface area (Å²) in [6.07, 6.45) is 3.16. The Balaban J connectivity index is 2.71. The van der Waals surface area contributed by atoms with Crippen molar-refractivity contribution in [2.45, 2.75) is 6.42 Å². The molecule has 1 fully saturated rings. The van der Waals surface area contributed by atoms with Gasteiger partial charge in [0.05, 0.1) is 0 Å². The molecule has 14 heavy (non-hydrogen) atoms. The summed E-state index contributed by atoms with van der Waals surface area (Å²) >= 11 is 0. The fourth-order valence-corrected chi connectivity index (χ4v) is 1.40. The summed E-state index contributed by atoms with van der Waals surface area (Å²) in [7, 11) is 0. The van der Waals surface area contributed by atoms with Gasteiger partial charge in [-0.05, 0) is 6.42 Å². The first-order chi connectivity index (χ1) is 6.59. The molecule has 0 aromatic carbocycles. The van der Waals surface area contributed by atoms with Crippen LogP contribution in [0.2, 0.25) is 0 Å². The SMILES string of the molecule is C=CCOC(=O)C1(C(=O)O)CC1C=C. The van der Waals surface area contributed by atoms with Gasteiger partial charge >= 0.3 is 11.9 Å². The van der Waals surface area contributed by atoms with Crippen molar-refractivity contribution in [1.82, 2.24) is 0 Å². The van der Waals surface area contributed by atoms with E-state index in [1.54, 1.807) is 0 Å². The molecule has 2 atom stereocenters. The van der Waals surface area contributed by atoms with E-state index in [0.717, 1.165) is 0 Å². The van der Waals surface area contributed by atoms with E-state index in [9.17, 15) is 9.59 Å². The minimum Gasteiger partial charge on any atom is -0.480 e. The Hall–Kier alpha value is -1.58. The van der Waals surface area contributed by atoms with Crippen molar-refractivity contribution in [3.05, 3.63) is 25.3 Å². The third-order valence-electron chi connectivity index (χ3n) is 2.38. The number of carbonyl (C=O) groups excluding carboxylic acids is 1. The van der Waals surface area contributed by atoms with Crippen LogP contribution in [0.3, 0.4) is 0 Å². The predicted molar refractivity (Wildman–Crippen MR) is 49.5 cm³/mol. The molecule has 1 saturated carbocycles. The number of hydrogen-bond acceptors (Lipinski definition) is 3. The molecule has 1 aliphatic rings. The monoisotopic (exact) mass is 196 g/mol. The van der Waals surface area contributed by atoms with Crippen LogP contribution in [0, 0.1) is 11.3 Å². The van der Waals surface area contributed by atoms with Gasteiger partial charge in [0.25, 0.3) is 0 Å². The van der Waals surface area contributed by atoms with Crippen LogP contribution < -0.4 is 0 Å². The molecule has 1 aliphatic carbocycles. The normalized spacial score (nSPS) is 29.0. The van der Waals surface area contributed by atoms with Crippen LogP contribution in [0.15, 0.2) is 25.3 Å². The average molecular weight is 196 g/mol. The maximum atomic E-state index is 11.4. The molecule has 0 aliphatic heterocycles. The lowest BCUT2D eigenvalue weighted by Gasteiger charge is -2.09. The van der Waals surface area contributed by atoms with Gasteiger partial charge in [0.1, 0.15) is 6.61 Å². The summed E-state index contributed by atoms with van der Waals surface area (Å²) < 4.78 is 4.73. The Morgan fingerprint density at radius 1 is 1.57 bits per heavy atom. The maximum Gasteiger partial charge on any atom is 0.324 e. The van der Waals surface area contributed by atoms with E-state index in [0.29, 0.717) is 0 Å². The summed E-state index contributed by atoms with van der Waals surface area (Å²) in [6.45, 7) is 6.89. The van der Waals surface area contributed by atoms with E-state index in [1.807, 2.05) is 0 Å². The van der Waals surface area contributed by atoms with Gasteiger partial charge < -0.3 is 9.84 Å². The van der Waals surface area contributed by atoms with Gasteiger partial charge in [-0.3, -0.25) is 9.59 Å². The fraction of sp³-hybridized carbons (Fsp3) is 0.400. The van der Waals surface area contributed by atoms with E-state index in [1.165, 1.54) is 12.2 Å². The number of carboxylic acids is 1. The van der Waals surface area contributed by atoms with Crippen LogP contribution in [0.1, 0.15) is 6.42 Å². The molecule has 76 valence electrons. The number of aliphatic carboxylic acids is 1. The molecule has 0 aromatic heterocycles. The summed E-state index contributed by atoms with van der Waals surface area (Å²) in [4.78, 5) is 22.3. The highest BCUT2D eigenvalue weighted by Gasteiger charge is 2.66. The van der Waals surface area contributed by atoms with Gasteiger partial charge in [-0.2, -0.15) is 0 Å². The molecule has 0 spiro atoms. The Kier molecular flexibility index (Phi) is 2.74. The largest absolute Gasteiger partial charge is 0.480 e. The lowest BCUT2D eigenvalue weighted by Crippen LogP contribution is -2.29. The van der Waals surface area contributed by atoms with Crippen molar-refractivity contribution in [3.63, 3.8) is 0 Å². The number of carbonyl (C=O) groups is 2. The quantitative estimate of drug-likeness (QED) is 0.404. The highest BCUT2D eigenvalue weighted by atomic mass is 16.5. The number of rotatable bonds is 5. The van der Waals surface area contributed by atoms with E-state index < -0.39 is 17.4 Å². The predicted octanol–water partition coefficient (Wildman–Crippen LogP) is 0.992. The molecular formula is C10H12O4. The Labute approximate surface area is 81.9 Å². The Morgan fingerprint density at radius 3 is 2.57 bits per heavy atom. The first-order valence-electron chi connectivity index (χ1n) is 4.23. The molecule has 0 amide bonds.